The molecule has 19 heteroatoms. The molecule has 3 aromatic rings. The number of ether oxygens (including phenoxy) is 7. The van der Waals surface area contributed by atoms with E-state index in [-0.39, 0.29) is 49.8 Å². The summed E-state index contributed by atoms with van der Waals surface area (Å²) in [4.78, 5) is 34.0. The normalized spacial score (nSPS) is 37.8. The molecular weight excluding hydrogens is 1020 g/mol. The van der Waals surface area contributed by atoms with E-state index in [1.54, 1.807) is 47.6 Å². The molecule has 424 valence electrons. The van der Waals surface area contributed by atoms with Gasteiger partial charge in [0.25, 0.3) is 5.91 Å². The van der Waals surface area contributed by atoms with Crippen molar-refractivity contribution in [2.24, 2.45) is 17.8 Å². The van der Waals surface area contributed by atoms with Gasteiger partial charge in [0.2, 0.25) is 0 Å². The fourth-order valence-corrected chi connectivity index (χ4v) is 13.3. The average molecular weight is 1100 g/mol. The van der Waals surface area contributed by atoms with Crippen LogP contribution in [-0.4, -0.2) is 178 Å². The lowest BCUT2D eigenvalue weighted by atomic mass is 9.77. The first-order chi connectivity index (χ1) is 35.7. The molecule has 1 aromatic heterocycles. The SMILES string of the molecule is CC[C@H]1OC(=O)[C@H](C)[C@@H](O[C@@H]2C[C@@](C)(OC)[C@@H](O)[C@@H](C)O2)[C@H](C)[C@@H](O[C@@H]2O[C@H](C)C[C@H](N(C)C)[C@H]2O)[C@](C)(O)C[C@@H](C)CN(CCCNC(=O)c2cc3c(s2)-c2cc(Cl)ccc2Oc2ccccc2-3)[C@H](C)[C@@H](O)[C@]1(C)O. The van der Waals surface area contributed by atoms with Crippen molar-refractivity contribution in [1.29, 1.82) is 0 Å². The van der Waals surface area contributed by atoms with E-state index < -0.39 is 96.0 Å². The van der Waals surface area contributed by atoms with Crippen molar-refractivity contribution < 1.29 is 68.3 Å². The van der Waals surface area contributed by atoms with Gasteiger partial charge in [0.15, 0.2) is 12.6 Å². The topological polar surface area (TPSA) is 218 Å². The van der Waals surface area contributed by atoms with E-state index in [0.717, 1.165) is 21.6 Å². The molecule has 6 N–H and O–H groups in total. The summed E-state index contributed by atoms with van der Waals surface area (Å²) in [6, 6.07) is 14.0. The molecule has 0 spiro atoms. The molecule has 0 radical (unpaired) electrons. The van der Waals surface area contributed by atoms with Crippen LogP contribution in [0.3, 0.4) is 0 Å². The monoisotopic (exact) mass is 1100 g/mol. The number of methoxy groups -OCH3 is 1. The first kappa shape index (κ1) is 60.3. The number of cyclic esters (lactones) is 1. The molecular formula is C57H84ClN3O14S. The lowest BCUT2D eigenvalue weighted by molar-refractivity contribution is -0.318. The molecule has 0 saturated carbocycles. The summed E-state index contributed by atoms with van der Waals surface area (Å²) in [6.45, 7) is 18.5. The first-order valence-electron chi connectivity index (χ1n) is 27.0. The Hall–Kier alpha value is -3.31. The summed E-state index contributed by atoms with van der Waals surface area (Å²) in [5.74, 6) is -1.90. The minimum atomic E-state index is -1.95. The molecule has 5 heterocycles. The van der Waals surface area contributed by atoms with Crippen molar-refractivity contribution >= 4 is 34.8 Å². The Morgan fingerprint density at radius 2 is 1.62 bits per heavy atom. The van der Waals surface area contributed by atoms with Crippen molar-refractivity contribution in [3.8, 4) is 33.1 Å². The molecule has 3 fully saturated rings. The Labute approximate surface area is 458 Å². The third kappa shape index (κ3) is 13.0. The Morgan fingerprint density at radius 1 is 0.921 bits per heavy atom. The predicted octanol–water partition coefficient (Wildman–Crippen LogP) is 7.25. The summed E-state index contributed by atoms with van der Waals surface area (Å²) in [6.07, 6.45) is -8.82. The van der Waals surface area contributed by atoms with Gasteiger partial charge >= 0.3 is 5.97 Å². The molecule has 1 amide bonds. The van der Waals surface area contributed by atoms with Gasteiger partial charge in [0.1, 0.15) is 41.5 Å². The standard InChI is InChI=1S/C57H84ClN3O14S/c1-14-44-57(10,68)49(63)34(6)61(23-17-22-59-52(65)43-26-38-37-18-15-16-19-41(37)72-42-21-20-36(58)25-39(42)48(38)76-43)29-30(2)27-55(8,67)51(75-54-46(62)40(60(11)12)24-31(3)70-54)32(4)47(33(5)53(66)73-44)74-45-28-56(9,69-13)50(64)35(7)71-45/h15-16,18-21,25-26,30-35,40,44-47,49-51,54,62-64,67-68H,14,17,22-24,27-29H2,1-13H3,(H,59,65)/t30-,31-,32+,33-,34-,35-,40+,44-,45-,46-,47+,49-,50+,51-,54+,55-,56-,57-/m1/s1. The van der Waals surface area contributed by atoms with Crippen LogP contribution in [0.1, 0.15) is 111 Å². The number of nitrogens with one attached hydrogen (secondary N) is 1. The van der Waals surface area contributed by atoms with E-state index in [4.69, 9.17) is 44.8 Å². The van der Waals surface area contributed by atoms with Gasteiger partial charge in [0, 0.05) is 77.8 Å². The van der Waals surface area contributed by atoms with Gasteiger partial charge in [-0.25, -0.2) is 0 Å². The minimum Gasteiger partial charge on any atom is -0.459 e. The van der Waals surface area contributed by atoms with E-state index in [9.17, 15) is 35.1 Å². The Morgan fingerprint density at radius 3 is 2.30 bits per heavy atom. The van der Waals surface area contributed by atoms with Gasteiger partial charge in [0.05, 0.1) is 46.4 Å². The highest BCUT2D eigenvalue weighted by Gasteiger charge is 2.53. The van der Waals surface area contributed by atoms with Gasteiger partial charge in [-0.15, -0.1) is 11.3 Å². The number of esters is 1. The van der Waals surface area contributed by atoms with E-state index in [0.29, 0.717) is 47.3 Å². The molecule has 2 aromatic carbocycles. The number of carbonyl (C=O) groups is 2. The number of rotatable bonds is 12. The molecule has 0 bridgehead atoms. The van der Waals surface area contributed by atoms with Crippen LogP contribution in [0, 0.1) is 17.8 Å². The van der Waals surface area contributed by atoms with Gasteiger partial charge in [-0.1, -0.05) is 50.6 Å². The van der Waals surface area contributed by atoms with Crippen molar-refractivity contribution in [2.45, 2.75) is 192 Å². The zero-order chi connectivity index (χ0) is 55.8. The van der Waals surface area contributed by atoms with Crippen LogP contribution in [0.2, 0.25) is 5.02 Å². The first-order valence-corrected chi connectivity index (χ1v) is 28.2. The second-order valence-electron chi connectivity index (χ2n) is 22.9. The quantitative estimate of drug-likeness (QED) is 0.0608. The van der Waals surface area contributed by atoms with Crippen LogP contribution >= 0.6 is 22.9 Å². The molecule has 18 atom stereocenters. The lowest BCUT2D eigenvalue weighted by Gasteiger charge is -2.48. The number of nitrogens with zero attached hydrogens (tertiary/aromatic N) is 2. The highest BCUT2D eigenvalue weighted by atomic mass is 35.5. The number of amides is 1. The maximum absolute atomic E-state index is 14.7. The number of aliphatic hydroxyl groups is 5. The van der Waals surface area contributed by atoms with Crippen LogP contribution in [0.15, 0.2) is 48.5 Å². The highest BCUT2D eigenvalue weighted by Crippen LogP contribution is 2.51. The van der Waals surface area contributed by atoms with Crippen LogP contribution in [0.25, 0.3) is 21.6 Å². The summed E-state index contributed by atoms with van der Waals surface area (Å²) in [7, 11) is 5.25. The zero-order valence-corrected chi connectivity index (χ0v) is 48.1. The minimum absolute atomic E-state index is 0.0901. The number of fused-ring (bicyclic) bond motifs is 5. The highest BCUT2D eigenvalue weighted by molar-refractivity contribution is 7.18. The molecule has 0 unspecified atom stereocenters. The van der Waals surface area contributed by atoms with E-state index in [2.05, 4.69) is 5.32 Å². The number of hydrogen-bond acceptors (Lipinski definition) is 17. The van der Waals surface area contributed by atoms with Crippen molar-refractivity contribution in [3.63, 3.8) is 0 Å². The number of likely N-dealkylation sites (N-methyl/N-ethyl adjacent to an activating group) is 1. The molecule has 3 saturated heterocycles. The second-order valence-corrected chi connectivity index (χ2v) is 24.4. The predicted molar refractivity (Wildman–Crippen MR) is 290 cm³/mol. The van der Waals surface area contributed by atoms with Crippen molar-refractivity contribution in [3.05, 3.63) is 58.4 Å². The molecule has 76 heavy (non-hydrogen) atoms. The maximum Gasteiger partial charge on any atom is 0.311 e. The summed E-state index contributed by atoms with van der Waals surface area (Å²) < 4.78 is 44.6. The van der Waals surface area contributed by atoms with Gasteiger partial charge in [-0.2, -0.15) is 0 Å². The smallest absolute Gasteiger partial charge is 0.311 e. The number of halogens is 1. The second kappa shape index (κ2) is 24.6. The Balaban J connectivity index is 1.18. The molecule has 17 nitrogen and oxygen atoms in total. The largest absolute Gasteiger partial charge is 0.459 e. The Kier molecular flexibility index (Phi) is 19.5. The van der Waals surface area contributed by atoms with Crippen molar-refractivity contribution in [2.75, 3.05) is 40.8 Å². The average Bonchev–Trinajstić information content (AvgIpc) is 3.77. The van der Waals surface area contributed by atoms with Crippen LogP contribution in [0.4, 0.5) is 0 Å². The number of benzene rings is 2. The molecule has 4 aliphatic heterocycles. The lowest BCUT2D eigenvalue weighted by Crippen LogP contribution is -2.60. The summed E-state index contributed by atoms with van der Waals surface area (Å²) in [5.41, 5.74) is -2.20. The molecule has 0 aliphatic carbocycles. The third-order valence-corrected chi connectivity index (χ3v) is 17.9. The van der Waals surface area contributed by atoms with Crippen LogP contribution in [0.5, 0.6) is 11.5 Å². The number of para-hydroxylation sites is 1. The number of carbonyl (C=O) groups excluding carboxylic acids is 2. The number of thiophene rings is 1. The molecule has 4 aliphatic rings. The maximum atomic E-state index is 14.7. The van der Waals surface area contributed by atoms with Gasteiger partial charge < -0.3 is 68.9 Å². The van der Waals surface area contributed by atoms with Gasteiger partial charge in [-0.05, 0) is 124 Å². The van der Waals surface area contributed by atoms with Crippen molar-refractivity contribution in [1.82, 2.24) is 15.1 Å². The van der Waals surface area contributed by atoms with E-state index in [1.807, 2.05) is 87.1 Å². The third-order valence-electron chi connectivity index (χ3n) is 16.5. The van der Waals surface area contributed by atoms with Gasteiger partial charge in [-0.3, -0.25) is 14.5 Å². The fraction of sp³-hybridized carbons (Fsp3) is 0.684. The Bertz CT molecular complexity index is 2460. The molecule has 7 rings (SSSR count). The van der Waals surface area contributed by atoms with Crippen LogP contribution in [-0.2, 0) is 33.2 Å². The summed E-state index contributed by atoms with van der Waals surface area (Å²) >= 11 is 7.83. The van der Waals surface area contributed by atoms with E-state index >= 15 is 0 Å². The summed E-state index contributed by atoms with van der Waals surface area (Å²) in [5, 5.41) is 64.2. The fourth-order valence-electron chi connectivity index (χ4n) is 12.0. The zero-order valence-electron chi connectivity index (χ0n) is 46.5. The van der Waals surface area contributed by atoms with Crippen LogP contribution < -0.4 is 10.1 Å². The number of aliphatic hydroxyl groups excluding tert-OH is 3. The van der Waals surface area contributed by atoms with E-state index in [1.165, 1.54) is 25.4 Å². The number of hydrogen-bond donors (Lipinski definition) is 6.